The number of nitrogens with zero attached hydrogens (tertiary/aromatic N) is 3. The lowest BCUT2D eigenvalue weighted by atomic mass is 9.51. The number of fused-ring (bicyclic) bond motifs is 3. The molecule has 0 amide bonds. The molecule has 1 aromatic heterocycles. The van der Waals surface area contributed by atoms with Crippen LogP contribution in [0.4, 0.5) is 0 Å². The molecule has 3 rings (SSSR count). The van der Waals surface area contributed by atoms with Gasteiger partial charge >= 0.3 is 0 Å². The summed E-state index contributed by atoms with van der Waals surface area (Å²) in [5, 5.41) is 14.0. The molecule has 2 atom stereocenters. The lowest BCUT2D eigenvalue weighted by Crippen LogP contribution is -2.52. The van der Waals surface area contributed by atoms with E-state index in [1.807, 2.05) is 7.05 Å². The van der Waals surface area contributed by atoms with Gasteiger partial charge in [-0.15, -0.1) is 0 Å². The van der Waals surface area contributed by atoms with Crippen LogP contribution in [0.5, 0.6) is 0 Å². The molecular weight excluding hydrogens is 250 g/mol. The monoisotopic (exact) mass is 271 g/mol. The maximum atomic E-state index is 12.3. The van der Waals surface area contributed by atoms with Gasteiger partial charge in [0.05, 0.1) is 5.69 Å². The van der Waals surface area contributed by atoms with Gasteiger partial charge in [0.1, 0.15) is 17.5 Å². The molecule has 2 aliphatic carbocycles. The summed E-state index contributed by atoms with van der Waals surface area (Å²) in [6.45, 7) is 6.39. The Morgan fingerprint density at radius 3 is 2.70 bits per heavy atom. The zero-order valence-corrected chi connectivity index (χ0v) is 12.7. The summed E-state index contributed by atoms with van der Waals surface area (Å²) in [4.78, 5) is 12.3. The number of hydrogen-bond acceptors (Lipinski definition) is 3. The zero-order valence-electron chi connectivity index (χ0n) is 12.7. The van der Waals surface area contributed by atoms with Crippen LogP contribution in [-0.2, 0) is 23.7 Å². The number of hydrogen-bond donors (Lipinski definition) is 0. The first-order valence-electron chi connectivity index (χ1n) is 7.32. The van der Waals surface area contributed by atoms with Crippen LogP contribution in [-0.4, -0.2) is 15.6 Å². The van der Waals surface area contributed by atoms with E-state index in [4.69, 9.17) is 0 Å². The highest BCUT2D eigenvalue weighted by molar-refractivity contribution is 5.86. The number of Topliss-reactive ketones (excluding diaryl/α,β-unsaturated/α-hetero) is 1. The Bertz CT molecular complexity index is 635. The number of aromatic nitrogens is 2. The molecule has 0 unspecified atom stereocenters. The minimum atomic E-state index is -0.283. The highest BCUT2D eigenvalue weighted by Gasteiger charge is 2.55. The van der Waals surface area contributed by atoms with Crippen LogP contribution in [0, 0.1) is 22.7 Å². The van der Waals surface area contributed by atoms with Crippen molar-refractivity contribution in [3.63, 3.8) is 0 Å². The van der Waals surface area contributed by atoms with E-state index in [1.165, 1.54) is 0 Å². The number of carbonyl (C=O) groups is 1. The molecule has 1 fully saturated rings. The Morgan fingerprint density at radius 1 is 1.35 bits per heavy atom. The van der Waals surface area contributed by atoms with E-state index in [0.717, 1.165) is 30.5 Å². The minimum absolute atomic E-state index is 0.0716. The standard InChI is InChI=1S/C16H21N3O/c1-15(2)12-6-5-10-11(9-17)19(4)18-14(10)16(12,3)8-7-13(15)20/h12H,5-8H2,1-4H3/t12-,16-/m0/s1. The van der Waals surface area contributed by atoms with Crippen molar-refractivity contribution in [3.8, 4) is 6.07 Å². The van der Waals surface area contributed by atoms with Crippen molar-refractivity contribution >= 4 is 5.78 Å². The van der Waals surface area contributed by atoms with Gasteiger partial charge in [0.2, 0.25) is 0 Å². The van der Waals surface area contributed by atoms with Crippen molar-refractivity contribution in [1.82, 2.24) is 9.78 Å². The first kappa shape index (κ1) is 13.4. The predicted octanol–water partition coefficient (Wildman–Crippen LogP) is 2.50. The van der Waals surface area contributed by atoms with Crippen molar-refractivity contribution < 1.29 is 4.79 Å². The minimum Gasteiger partial charge on any atom is -0.299 e. The molecule has 0 bridgehead atoms. The molecule has 1 aromatic rings. The second kappa shape index (κ2) is 3.94. The first-order valence-corrected chi connectivity index (χ1v) is 7.32. The second-order valence-corrected chi connectivity index (χ2v) is 7.06. The summed E-state index contributed by atoms with van der Waals surface area (Å²) in [7, 11) is 1.84. The highest BCUT2D eigenvalue weighted by Crippen LogP contribution is 2.55. The van der Waals surface area contributed by atoms with Gasteiger partial charge in [-0.2, -0.15) is 10.4 Å². The SMILES string of the molecule is Cn1nc2c(c1C#N)CC[C@H]1C(C)(C)C(=O)CC[C@]21C. The molecule has 4 nitrogen and oxygen atoms in total. The van der Waals surface area contributed by atoms with Crippen LogP contribution in [0.2, 0.25) is 0 Å². The van der Waals surface area contributed by atoms with Crippen LogP contribution in [0.15, 0.2) is 0 Å². The molecule has 4 heteroatoms. The topological polar surface area (TPSA) is 58.7 Å². The molecule has 0 saturated heterocycles. The molecule has 2 aliphatic rings. The fourth-order valence-electron chi connectivity index (χ4n) is 4.52. The van der Waals surface area contributed by atoms with Crippen LogP contribution >= 0.6 is 0 Å². The number of nitriles is 1. The number of carbonyl (C=O) groups excluding carboxylic acids is 1. The highest BCUT2D eigenvalue weighted by atomic mass is 16.1. The van der Waals surface area contributed by atoms with Crippen LogP contribution in [0.25, 0.3) is 0 Å². The summed E-state index contributed by atoms with van der Waals surface area (Å²) in [6, 6.07) is 2.28. The average molecular weight is 271 g/mol. The maximum absolute atomic E-state index is 12.3. The summed E-state index contributed by atoms with van der Waals surface area (Å²) in [5.41, 5.74) is 2.51. The fourth-order valence-corrected chi connectivity index (χ4v) is 4.52. The predicted molar refractivity (Wildman–Crippen MR) is 75.1 cm³/mol. The molecular formula is C16H21N3O. The lowest BCUT2D eigenvalue weighted by molar-refractivity contribution is -0.137. The van der Waals surface area contributed by atoms with Crippen molar-refractivity contribution in [1.29, 1.82) is 5.26 Å². The van der Waals surface area contributed by atoms with Gasteiger partial charge in [0.15, 0.2) is 0 Å². The van der Waals surface area contributed by atoms with Gasteiger partial charge < -0.3 is 0 Å². The van der Waals surface area contributed by atoms with Gasteiger partial charge in [0, 0.05) is 29.9 Å². The average Bonchev–Trinajstić information content (AvgIpc) is 2.71. The van der Waals surface area contributed by atoms with Crippen LogP contribution < -0.4 is 0 Å². The maximum Gasteiger partial charge on any atom is 0.141 e. The Morgan fingerprint density at radius 2 is 2.05 bits per heavy atom. The molecule has 0 N–H and O–H groups in total. The van der Waals surface area contributed by atoms with Gasteiger partial charge in [-0.25, -0.2) is 0 Å². The normalized spacial score (nSPS) is 31.4. The van der Waals surface area contributed by atoms with Gasteiger partial charge in [-0.3, -0.25) is 9.48 Å². The Balaban J connectivity index is 2.18. The summed E-state index contributed by atoms with van der Waals surface area (Å²) in [5.74, 6) is 0.699. The number of rotatable bonds is 0. The number of ketones is 1. The van der Waals surface area contributed by atoms with E-state index in [1.54, 1.807) is 4.68 Å². The molecule has 0 aromatic carbocycles. The third-order valence-corrected chi connectivity index (χ3v) is 5.71. The van der Waals surface area contributed by atoms with E-state index >= 15 is 0 Å². The molecule has 1 heterocycles. The molecule has 106 valence electrons. The lowest BCUT2D eigenvalue weighted by Gasteiger charge is -2.51. The van der Waals surface area contributed by atoms with E-state index in [0.29, 0.717) is 23.8 Å². The van der Waals surface area contributed by atoms with Crippen molar-refractivity contribution in [2.24, 2.45) is 18.4 Å². The van der Waals surface area contributed by atoms with E-state index in [9.17, 15) is 10.1 Å². The summed E-state index contributed by atoms with van der Waals surface area (Å²) < 4.78 is 1.71. The molecule has 0 spiro atoms. The number of aryl methyl sites for hydroxylation is 1. The third-order valence-electron chi connectivity index (χ3n) is 5.71. The third kappa shape index (κ3) is 1.47. The quantitative estimate of drug-likeness (QED) is 0.728. The van der Waals surface area contributed by atoms with Crippen molar-refractivity contribution in [3.05, 3.63) is 17.0 Å². The fraction of sp³-hybridized carbons (Fsp3) is 0.688. The summed E-state index contributed by atoms with van der Waals surface area (Å²) in [6.07, 6.45) is 3.32. The first-order chi connectivity index (χ1) is 9.32. The van der Waals surface area contributed by atoms with Gasteiger partial charge in [-0.1, -0.05) is 20.8 Å². The Hall–Kier alpha value is -1.63. The van der Waals surface area contributed by atoms with Crippen molar-refractivity contribution in [2.45, 2.75) is 51.9 Å². The molecule has 1 saturated carbocycles. The van der Waals surface area contributed by atoms with Crippen LogP contribution in [0.1, 0.15) is 57.0 Å². The van der Waals surface area contributed by atoms with E-state index < -0.39 is 0 Å². The molecule has 20 heavy (non-hydrogen) atoms. The Labute approximate surface area is 119 Å². The summed E-state index contributed by atoms with van der Waals surface area (Å²) >= 11 is 0. The van der Waals surface area contributed by atoms with E-state index in [2.05, 4.69) is 31.9 Å². The van der Waals surface area contributed by atoms with Gasteiger partial charge in [-0.05, 0) is 25.2 Å². The van der Waals surface area contributed by atoms with Crippen LogP contribution in [0.3, 0.4) is 0 Å². The van der Waals surface area contributed by atoms with Crippen molar-refractivity contribution in [2.75, 3.05) is 0 Å². The van der Waals surface area contributed by atoms with E-state index in [-0.39, 0.29) is 10.8 Å². The van der Waals surface area contributed by atoms with Gasteiger partial charge in [0.25, 0.3) is 0 Å². The Kier molecular flexibility index (Phi) is 2.63. The smallest absolute Gasteiger partial charge is 0.141 e. The molecule has 0 radical (unpaired) electrons. The molecule has 0 aliphatic heterocycles. The zero-order chi connectivity index (χ0) is 14.7. The largest absolute Gasteiger partial charge is 0.299 e. The second-order valence-electron chi connectivity index (χ2n) is 7.06.